The third kappa shape index (κ3) is 5.91. The number of hydrogen-bond acceptors (Lipinski definition) is 3. The number of carbonyl (C=O) groups excluding carboxylic acids is 1. The lowest BCUT2D eigenvalue weighted by Crippen LogP contribution is -2.46. The highest BCUT2D eigenvalue weighted by Crippen LogP contribution is 2.20. The summed E-state index contributed by atoms with van der Waals surface area (Å²) in [7, 11) is 2.03. The van der Waals surface area contributed by atoms with E-state index in [1.165, 1.54) is 12.8 Å². The predicted molar refractivity (Wildman–Crippen MR) is 80.2 cm³/mol. The van der Waals surface area contributed by atoms with E-state index in [2.05, 4.69) is 36.3 Å². The number of nitrogens with zero attached hydrogens (tertiary/aromatic N) is 1. The lowest BCUT2D eigenvalue weighted by molar-refractivity contribution is -0.123. The normalized spacial score (nSPS) is 21.1. The van der Waals surface area contributed by atoms with Crippen molar-refractivity contribution in [3.63, 3.8) is 0 Å². The van der Waals surface area contributed by atoms with E-state index < -0.39 is 0 Å². The molecule has 112 valence electrons. The average molecular weight is 269 g/mol. The first-order valence-corrected chi connectivity index (χ1v) is 7.75. The van der Waals surface area contributed by atoms with Gasteiger partial charge in [0.1, 0.15) is 0 Å². The molecule has 2 atom stereocenters. The second-order valence-corrected chi connectivity index (χ2v) is 5.95. The molecule has 0 saturated carbocycles. The van der Waals surface area contributed by atoms with Crippen LogP contribution in [0.1, 0.15) is 46.5 Å². The first-order chi connectivity index (χ1) is 9.06. The van der Waals surface area contributed by atoms with Gasteiger partial charge in [0, 0.05) is 12.1 Å². The largest absolute Gasteiger partial charge is 0.353 e. The van der Waals surface area contributed by atoms with Crippen molar-refractivity contribution >= 4 is 5.91 Å². The number of nitrogens with one attached hydrogen (secondary N) is 2. The van der Waals surface area contributed by atoms with E-state index >= 15 is 0 Å². The number of piperidine rings is 1. The molecule has 0 bridgehead atoms. The van der Waals surface area contributed by atoms with Gasteiger partial charge >= 0.3 is 0 Å². The zero-order valence-corrected chi connectivity index (χ0v) is 13.0. The Labute approximate surface area is 118 Å². The van der Waals surface area contributed by atoms with Gasteiger partial charge in [0.25, 0.3) is 0 Å². The molecule has 1 heterocycles. The smallest absolute Gasteiger partial charge is 0.234 e. The maximum absolute atomic E-state index is 11.9. The molecule has 1 fully saturated rings. The maximum atomic E-state index is 11.9. The summed E-state index contributed by atoms with van der Waals surface area (Å²) in [6.07, 6.45) is 4.57. The standard InChI is InChI=1S/C15H31N3O/c1-5-6-12(2)17-15(19)11-18-9-7-14(8-10-18)13(3)16-4/h12-14,16H,5-11H2,1-4H3,(H,17,19). The van der Waals surface area contributed by atoms with E-state index in [0.717, 1.165) is 31.8 Å². The van der Waals surface area contributed by atoms with Crippen LogP contribution in [0.15, 0.2) is 0 Å². The lowest BCUT2D eigenvalue weighted by Gasteiger charge is -2.34. The van der Waals surface area contributed by atoms with Crippen LogP contribution < -0.4 is 10.6 Å². The van der Waals surface area contributed by atoms with Gasteiger partial charge in [0.15, 0.2) is 0 Å². The van der Waals surface area contributed by atoms with Gasteiger partial charge in [0.05, 0.1) is 6.54 Å². The predicted octanol–water partition coefficient (Wildman–Crippen LogP) is 1.61. The fourth-order valence-corrected chi connectivity index (χ4v) is 2.88. The van der Waals surface area contributed by atoms with Gasteiger partial charge < -0.3 is 10.6 Å². The minimum absolute atomic E-state index is 0.182. The number of carbonyl (C=O) groups is 1. The molecule has 0 aromatic rings. The summed E-state index contributed by atoms with van der Waals surface area (Å²) in [4.78, 5) is 14.2. The van der Waals surface area contributed by atoms with Crippen molar-refractivity contribution in [3.05, 3.63) is 0 Å². The Balaban J connectivity index is 2.23. The van der Waals surface area contributed by atoms with Crippen LogP contribution in [-0.4, -0.2) is 49.6 Å². The molecule has 0 aromatic carbocycles. The van der Waals surface area contributed by atoms with Gasteiger partial charge in [-0.3, -0.25) is 9.69 Å². The van der Waals surface area contributed by atoms with Crippen LogP contribution in [0.2, 0.25) is 0 Å². The molecule has 19 heavy (non-hydrogen) atoms. The Morgan fingerprint density at radius 2 is 1.95 bits per heavy atom. The van der Waals surface area contributed by atoms with Gasteiger partial charge in [-0.25, -0.2) is 0 Å². The molecule has 1 amide bonds. The quantitative estimate of drug-likeness (QED) is 0.738. The summed E-state index contributed by atoms with van der Waals surface area (Å²) in [6, 6.07) is 0.889. The minimum atomic E-state index is 0.182. The van der Waals surface area contributed by atoms with Crippen molar-refractivity contribution in [2.24, 2.45) is 5.92 Å². The summed E-state index contributed by atoms with van der Waals surface area (Å²) in [6.45, 7) is 9.14. The summed E-state index contributed by atoms with van der Waals surface area (Å²) >= 11 is 0. The van der Waals surface area contributed by atoms with Crippen molar-refractivity contribution in [1.82, 2.24) is 15.5 Å². The molecule has 1 saturated heterocycles. The van der Waals surface area contributed by atoms with E-state index in [-0.39, 0.29) is 5.91 Å². The summed E-state index contributed by atoms with van der Waals surface area (Å²) < 4.78 is 0. The molecule has 4 nitrogen and oxygen atoms in total. The van der Waals surface area contributed by atoms with Crippen molar-refractivity contribution < 1.29 is 4.79 Å². The van der Waals surface area contributed by atoms with Crippen LogP contribution >= 0.6 is 0 Å². The topological polar surface area (TPSA) is 44.4 Å². The number of hydrogen-bond donors (Lipinski definition) is 2. The van der Waals surface area contributed by atoms with Crippen LogP contribution in [0.3, 0.4) is 0 Å². The van der Waals surface area contributed by atoms with E-state index in [1.54, 1.807) is 0 Å². The molecule has 4 heteroatoms. The van der Waals surface area contributed by atoms with Crippen molar-refractivity contribution in [1.29, 1.82) is 0 Å². The maximum Gasteiger partial charge on any atom is 0.234 e. The summed E-state index contributed by atoms with van der Waals surface area (Å²) in [5.74, 6) is 0.935. The Hall–Kier alpha value is -0.610. The van der Waals surface area contributed by atoms with Crippen LogP contribution in [0.5, 0.6) is 0 Å². The van der Waals surface area contributed by atoms with Crippen LogP contribution in [0.25, 0.3) is 0 Å². The third-order valence-electron chi connectivity index (χ3n) is 4.29. The van der Waals surface area contributed by atoms with Gasteiger partial charge in [-0.1, -0.05) is 13.3 Å². The molecule has 1 rings (SSSR count). The SMILES string of the molecule is CCCC(C)NC(=O)CN1CCC(C(C)NC)CC1. The fourth-order valence-electron chi connectivity index (χ4n) is 2.88. The van der Waals surface area contributed by atoms with Crippen LogP contribution in [0.4, 0.5) is 0 Å². The molecular formula is C15H31N3O. The highest BCUT2D eigenvalue weighted by atomic mass is 16.2. The molecule has 1 aliphatic heterocycles. The van der Waals surface area contributed by atoms with E-state index in [4.69, 9.17) is 0 Å². The Morgan fingerprint density at radius 1 is 1.32 bits per heavy atom. The van der Waals surface area contributed by atoms with E-state index in [1.807, 2.05) is 7.05 Å². The lowest BCUT2D eigenvalue weighted by atomic mass is 9.90. The molecule has 0 radical (unpaired) electrons. The molecular weight excluding hydrogens is 238 g/mol. The van der Waals surface area contributed by atoms with Gasteiger partial charge in [0.2, 0.25) is 5.91 Å². The average Bonchev–Trinajstić information content (AvgIpc) is 2.38. The number of likely N-dealkylation sites (tertiary alicyclic amines) is 1. The molecule has 0 aliphatic carbocycles. The van der Waals surface area contributed by atoms with Gasteiger partial charge in [-0.15, -0.1) is 0 Å². The van der Waals surface area contributed by atoms with Gasteiger partial charge in [-0.2, -0.15) is 0 Å². The minimum Gasteiger partial charge on any atom is -0.353 e. The first kappa shape index (κ1) is 16.4. The van der Waals surface area contributed by atoms with Crippen molar-refractivity contribution in [2.75, 3.05) is 26.7 Å². The Kier molecular flexibility index (Phi) is 7.39. The summed E-state index contributed by atoms with van der Waals surface area (Å²) in [5.41, 5.74) is 0. The highest BCUT2D eigenvalue weighted by Gasteiger charge is 2.24. The second kappa shape index (κ2) is 8.54. The Morgan fingerprint density at radius 3 is 2.47 bits per heavy atom. The van der Waals surface area contributed by atoms with Gasteiger partial charge in [-0.05, 0) is 59.2 Å². The number of amides is 1. The van der Waals surface area contributed by atoms with Crippen molar-refractivity contribution in [3.8, 4) is 0 Å². The first-order valence-electron chi connectivity index (χ1n) is 7.75. The summed E-state index contributed by atoms with van der Waals surface area (Å²) in [5, 5.41) is 6.41. The molecule has 2 N–H and O–H groups in total. The molecule has 0 aromatic heterocycles. The van der Waals surface area contributed by atoms with E-state index in [0.29, 0.717) is 18.6 Å². The Bertz CT molecular complexity index is 262. The van der Waals surface area contributed by atoms with E-state index in [9.17, 15) is 4.79 Å². The zero-order chi connectivity index (χ0) is 14.3. The molecule has 2 unspecified atom stereocenters. The second-order valence-electron chi connectivity index (χ2n) is 5.95. The number of rotatable bonds is 7. The highest BCUT2D eigenvalue weighted by molar-refractivity contribution is 5.78. The monoisotopic (exact) mass is 269 g/mol. The molecule has 0 spiro atoms. The van der Waals surface area contributed by atoms with Crippen molar-refractivity contribution in [2.45, 2.75) is 58.5 Å². The van der Waals surface area contributed by atoms with Crippen LogP contribution in [-0.2, 0) is 4.79 Å². The zero-order valence-electron chi connectivity index (χ0n) is 13.0. The third-order valence-corrected chi connectivity index (χ3v) is 4.29. The van der Waals surface area contributed by atoms with Crippen LogP contribution in [0, 0.1) is 5.92 Å². The fraction of sp³-hybridized carbons (Fsp3) is 0.933. The molecule has 1 aliphatic rings.